The number of nitrogens with two attached hydrogens (primary N) is 2. The van der Waals surface area contributed by atoms with Gasteiger partial charge >= 0.3 is 0 Å². The van der Waals surface area contributed by atoms with E-state index in [1.165, 1.54) is 27.8 Å². The van der Waals surface area contributed by atoms with Crippen LogP contribution >= 0.6 is 23.5 Å². The van der Waals surface area contributed by atoms with Crippen LogP contribution in [0.5, 0.6) is 0 Å². The second kappa shape index (κ2) is 10.1. The van der Waals surface area contributed by atoms with Gasteiger partial charge in [-0.1, -0.05) is 17.8 Å². The highest BCUT2D eigenvalue weighted by Crippen LogP contribution is 2.51. The lowest BCUT2D eigenvalue weighted by atomic mass is 9.73. The van der Waals surface area contributed by atoms with E-state index in [4.69, 9.17) is 21.2 Å². The maximum atomic E-state index is 6.94. The lowest BCUT2D eigenvalue weighted by Crippen LogP contribution is -2.45. The number of rotatable bonds is 7. The van der Waals surface area contributed by atoms with E-state index in [2.05, 4.69) is 42.5 Å². The number of methoxy groups -OCH3 is 1. The maximum absolute atomic E-state index is 6.94. The number of hydrogen-bond donors (Lipinski definition) is 2. The number of thioether (sulfide) groups is 1. The number of anilines is 2. The van der Waals surface area contributed by atoms with Crippen LogP contribution < -0.4 is 16.4 Å². The molecule has 0 unspecified atom stereocenters. The predicted molar refractivity (Wildman–Crippen MR) is 147 cm³/mol. The maximum Gasteiger partial charge on any atom is 0.221 e. The molecule has 6 rings (SSSR count). The van der Waals surface area contributed by atoms with Crippen molar-refractivity contribution in [2.24, 2.45) is 11.1 Å². The Labute approximate surface area is 224 Å². The molecule has 0 amide bonds. The minimum atomic E-state index is 0.0629. The minimum absolute atomic E-state index is 0.0629. The first-order chi connectivity index (χ1) is 18.1. The molecule has 3 aromatic heterocycles. The van der Waals surface area contributed by atoms with Gasteiger partial charge in [0.2, 0.25) is 11.9 Å². The van der Waals surface area contributed by atoms with Crippen molar-refractivity contribution in [3.8, 4) is 0 Å². The molecule has 1 aliphatic heterocycles. The molecule has 0 bridgehead atoms. The summed E-state index contributed by atoms with van der Waals surface area (Å²) < 4.78 is 7.27. The van der Waals surface area contributed by atoms with Crippen molar-refractivity contribution in [2.75, 3.05) is 43.2 Å². The molecule has 37 heavy (non-hydrogen) atoms. The number of hydrogen-bond acceptors (Lipinski definition) is 10. The largest absolute Gasteiger partial charge is 0.384 e. The molecule has 1 atom stereocenters. The van der Waals surface area contributed by atoms with Crippen LogP contribution in [-0.4, -0.2) is 56.9 Å². The van der Waals surface area contributed by atoms with Crippen molar-refractivity contribution < 1.29 is 4.74 Å². The van der Waals surface area contributed by atoms with Gasteiger partial charge in [0, 0.05) is 61.7 Å². The lowest BCUT2D eigenvalue weighted by Gasteiger charge is -2.42. The summed E-state index contributed by atoms with van der Waals surface area (Å²) in [7, 11) is 1.74. The summed E-state index contributed by atoms with van der Waals surface area (Å²) in [5.74, 6) is 2.12. The summed E-state index contributed by atoms with van der Waals surface area (Å²) in [6.45, 7) is 2.57. The molecule has 1 fully saturated rings. The Morgan fingerprint density at radius 1 is 1.14 bits per heavy atom. The summed E-state index contributed by atoms with van der Waals surface area (Å²) >= 11 is 3.32. The van der Waals surface area contributed by atoms with Crippen LogP contribution in [-0.2, 0) is 11.2 Å². The third kappa shape index (κ3) is 4.65. The van der Waals surface area contributed by atoms with E-state index < -0.39 is 0 Å². The van der Waals surface area contributed by atoms with Gasteiger partial charge in [0.1, 0.15) is 5.03 Å². The van der Waals surface area contributed by atoms with Crippen molar-refractivity contribution in [3.05, 3.63) is 60.2 Å². The molecule has 11 heteroatoms. The number of nitrogen functional groups attached to an aromatic ring is 1. The summed E-state index contributed by atoms with van der Waals surface area (Å²) in [6.07, 6.45) is 10.4. The first kappa shape index (κ1) is 24.5. The molecule has 9 nitrogen and oxygen atoms in total. The average molecular weight is 535 g/mol. The van der Waals surface area contributed by atoms with Crippen LogP contribution in [0.2, 0.25) is 0 Å². The molecule has 192 valence electrons. The predicted octanol–water partition coefficient (Wildman–Crippen LogP) is 3.83. The van der Waals surface area contributed by atoms with E-state index in [-0.39, 0.29) is 17.4 Å². The Morgan fingerprint density at radius 3 is 2.81 bits per heavy atom. The number of nitrogens with zero attached hydrogens (tertiary/aromatic N) is 6. The highest BCUT2D eigenvalue weighted by molar-refractivity contribution is 7.99. The number of piperidine rings is 1. The fourth-order valence-corrected chi connectivity index (χ4v) is 7.23. The van der Waals surface area contributed by atoms with Crippen LogP contribution in [0.3, 0.4) is 0 Å². The first-order valence-corrected chi connectivity index (χ1v) is 14.2. The van der Waals surface area contributed by atoms with Gasteiger partial charge < -0.3 is 21.1 Å². The molecule has 4 N–H and O–H groups in total. The number of aromatic nitrogens is 5. The molecular weight excluding hydrogens is 504 g/mol. The van der Waals surface area contributed by atoms with Gasteiger partial charge in [0.05, 0.1) is 11.5 Å². The number of fused-ring (bicyclic) bond motifs is 2. The zero-order valence-corrected chi connectivity index (χ0v) is 22.3. The van der Waals surface area contributed by atoms with E-state index in [1.54, 1.807) is 13.3 Å². The van der Waals surface area contributed by atoms with Gasteiger partial charge in [-0.2, -0.15) is 0 Å². The van der Waals surface area contributed by atoms with E-state index in [1.807, 2.05) is 36.4 Å². The molecular formula is C26H30N8OS2. The smallest absolute Gasteiger partial charge is 0.221 e. The molecule has 0 saturated carbocycles. The SMILES string of the molecule is COCCSc1ccc2c(c1)[C@@H](N)C1(CCN(c3ncc(Sc4ccnc(N)n4)c4nccn34)CC1)C2. The molecule has 1 aliphatic carbocycles. The number of ether oxygens (including phenoxy) is 1. The summed E-state index contributed by atoms with van der Waals surface area (Å²) in [6, 6.07) is 8.72. The molecule has 1 aromatic carbocycles. The van der Waals surface area contributed by atoms with Crippen LogP contribution in [0, 0.1) is 5.41 Å². The Morgan fingerprint density at radius 2 is 2.00 bits per heavy atom. The van der Waals surface area contributed by atoms with Crippen molar-refractivity contribution in [2.45, 2.75) is 40.1 Å². The van der Waals surface area contributed by atoms with Crippen molar-refractivity contribution in [1.29, 1.82) is 0 Å². The van der Waals surface area contributed by atoms with Crippen LogP contribution in [0.25, 0.3) is 5.65 Å². The Bertz CT molecular complexity index is 1420. The van der Waals surface area contributed by atoms with Crippen molar-refractivity contribution >= 4 is 41.1 Å². The zero-order chi connectivity index (χ0) is 25.4. The Balaban J connectivity index is 1.18. The van der Waals surface area contributed by atoms with E-state index in [0.717, 1.165) is 66.2 Å². The number of imidazole rings is 1. The van der Waals surface area contributed by atoms with Gasteiger partial charge in [-0.15, -0.1) is 11.8 Å². The average Bonchev–Trinajstić information content (AvgIpc) is 3.50. The first-order valence-electron chi connectivity index (χ1n) is 12.4. The normalized spacial score (nSPS) is 18.5. The third-order valence-electron chi connectivity index (χ3n) is 7.49. The molecule has 4 aromatic rings. The highest BCUT2D eigenvalue weighted by atomic mass is 32.2. The van der Waals surface area contributed by atoms with Gasteiger partial charge in [-0.05, 0) is 54.0 Å². The second-order valence-electron chi connectivity index (χ2n) is 9.60. The molecule has 4 heterocycles. The monoisotopic (exact) mass is 534 g/mol. The second-order valence-corrected chi connectivity index (χ2v) is 11.8. The minimum Gasteiger partial charge on any atom is -0.384 e. The van der Waals surface area contributed by atoms with E-state index in [0.29, 0.717) is 0 Å². The van der Waals surface area contributed by atoms with Crippen LogP contribution in [0.4, 0.5) is 11.9 Å². The topological polar surface area (TPSA) is 120 Å². The van der Waals surface area contributed by atoms with E-state index in [9.17, 15) is 0 Å². The van der Waals surface area contributed by atoms with Crippen LogP contribution in [0.1, 0.15) is 30.0 Å². The van der Waals surface area contributed by atoms with Gasteiger partial charge in [0.25, 0.3) is 0 Å². The summed E-state index contributed by atoms with van der Waals surface area (Å²) in [5, 5.41) is 0.766. The van der Waals surface area contributed by atoms with Gasteiger partial charge in [0.15, 0.2) is 5.65 Å². The van der Waals surface area contributed by atoms with E-state index >= 15 is 0 Å². The fraction of sp³-hybridized carbons (Fsp3) is 0.385. The summed E-state index contributed by atoms with van der Waals surface area (Å²) in [5.41, 5.74) is 16.4. The molecule has 0 radical (unpaired) electrons. The zero-order valence-electron chi connectivity index (χ0n) is 20.7. The quantitative estimate of drug-likeness (QED) is 0.206. The summed E-state index contributed by atoms with van der Waals surface area (Å²) in [4.78, 5) is 22.3. The Kier molecular flexibility index (Phi) is 6.70. The van der Waals surface area contributed by atoms with Crippen molar-refractivity contribution in [1.82, 2.24) is 24.3 Å². The molecule has 2 aliphatic rings. The van der Waals surface area contributed by atoms with Gasteiger partial charge in [-0.3, -0.25) is 4.40 Å². The Hall–Kier alpha value is -2.86. The van der Waals surface area contributed by atoms with Gasteiger partial charge in [-0.25, -0.2) is 19.9 Å². The fourth-order valence-electron chi connectivity index (χ4n) is 5.53. The molecule has 1 saturated heterocycles. The van der Waals surface area contributed by atoms with Crippen LogP contribution in [0.15, 0.2) is 63.9 Å². The third-order valence-corrected chi connectivity index (χ3v) is 9.39. The standard InChI is InChI=1S/C26H30N8OS2/c1-35-12-13-36-18-3-2-17-15-26(22(27)19(17)14-18)5-9-33(10-6-26)25-31-16-20(23-29-8-11-34(23)25)37-21-4-7-30-24(28)32-21/h2-4,7-8,11,14,16,22H,5-6,9-10,12-13,15,27H2,1H3,(H2,28,30,32)/t22-/m1/s1. The lowest BCUT2D eigenvalue weighted by molar-refractivity contribution is 0.186. The van der Waals surface area contributed by atoms with Crippen molar-refractivity contribution in [3.63, 3.8) is 0 Å². The molecule has 1 spiro atoms. The highest BCUT2D eigenvalue weighted by Gasteiger charge is 2.46. The number of benzene rings is 1.